The number of unbranched alkanes of at least 4 members (excludes halogenated alkanes) is 1. The van der Waals surface area contributed by atoms with E-state index >= 15 is 0 Å². The maximum atomic E-state index is 13.3. The molecule has 0 aromatic carbocycles. The Morgan fingerprint density at radius 3 is 1.98 bits per heavy atom. The molecular weight excluding hydrogens is 638 g/mol. The second-order valence-corrected chi connectivity index (χ2v) is 11.6. The molecule has 20 heteroatoms. The van der Waals surface area contributed by atoms with Crippen LogP contribution in [0.2, 0.25) is 0 Å². The minimum atomic E-state index is -1.74. The van der Waals surface area contributed by atoms with Crippen molar-refractivity contribution in [2.75, 3.05) is 19.7 Å². The number of nitrogens with one attached hydrogen (secondary N) is 7. The molecule has 0 saturated carbocycles. The number of amides is 8. The lowest BCUT2D eigenvalue weighted by Crippen LogP contribution is -2.58. The first-order valence-electron chi connectivity index (χ1n) is 15.4. The second kappa shape index (κ2) is 21.1. The van der Waals surface area contributed by atoms with Gasteiger partial charge in [0.1, 0.15) is 30.2 Å². The molecular formula is C28H47N9O11. The molecule has 0 bridgehead atoms. The summed E-state index contributed by atoms with van der Waals surface area (Å²) in [5.41, 5.74) is 12.7. The molecule has 0 aromatic rings. The van der Waals surface area contributed by atoms with Gasteiger partial charge >= 0.3 is 5.97 Å². The highest BCUT2D eigenvalue weighted by Crippen LogP contribution is 2.08. The van der Waals surface area contributed by atoms with Crippen molar-refractivity contribution in [1.29, 1.82) is 0 Å². The number of hydroxylamine groups is 1. The summed E-state index contributed by atoms with van der Waals surface area (Å²) in [5, 5.41) is 23.5. The van der Waals surface area contributed by atoms with Gasteiger partial charge in [0.25, 0.3) is 5.91 Å². The fraction of sp³-hybridized carbons (Fsp3) is 0.679. The number of carboxylic acids is 1. The third-order valence-electron chi connectivity index (χ3n) is 6.83. The quantitative estimate of drug-likeness (QED) is 0.0921. The molecule has 1 aliphatic rings. The van der Waals surface area contributed by atoms with Gasteiger partial charge in [0.15, 0.2) is 6.61 Å². The molecule has 8 amide bonds. The number of rotatable bonds is 11. The predicted octanol–water partition coefficient (Wildman–Crippen LogP) is -4.48. The molecule has 0 aliphatic carbocycles. The average Bonchev–Trinajstić information content (AvgIpc) is 2.99. The number of aliphatic carboxylic acids is 1. The van der Waals surface area contributed by atoms with Crippen LogP contribution in [0.5, 0.6) is 0 Å². The zero-order valence-electron chi connectivity index (χ0n) is 27.2. The summed E-state index contributed by atoms with van der Waals surface area (Å²) in [4.78, 5) is 118. The summed E-state index contributed by atoms with van der Waals surface area (Å²) in [6.45, 7) is 3.68. The van der Waals surface area contributed by atoms with E-state index in [4.69, 9.17) is 16.3 Å². The molecule has 20 nitrogen and oxygen atoms in total. The molecule has 270 valence electrons. The van der Waals surface area contributed by atoms with Crippen LogP contribution in [0.15, 0.2) is 0 Å². The Hall–Kier alpha value is -4.85. The average molecular weight is 686 g/mol. The van der Waals surface area contributed by atoms with Gasteiger partial charge in [0.05, 0.1) is 13.0 Å². The van der Waals surface area contributed by atoms with Crippen molar-refractivity contribution in [1.82, 2.24) is 37.4 Å². The van der Waals surface area contributed by atoms with Gasteiger partial charge in [0, 0.05) is 6.42 Å². The van der Waals surface area contributed by atoms with Crippen LogP contribution in [-0.4, -0.2) is 108 Å². The third-order valence-corrected chi connectivity index (χ3v) is 6.83. The molecule has 48 heavy (non-hydrogen) atoms. The van der Waals surface area contributed by atoms with Gasteiger partial charge in [-0.05, 0) is 51.5 Å². The van der Waals surface area contributed by atoms with Crippen LogP contribution in [0.4, 0.5) is 0 Å². The number of carbonyl (C=O) groups excluding carboxylic acids is 8. The van der Waals surface area contributed by atoms with E-state index in [2.05, 4.69) is 31.9 Å². The Morgan fingerprint density at radius 2 is 1.38 bits per heavy atom. The van der Waals surface area contributed by atoms with E-state index in [0.717, 1.165) is 0 Å². The highest BCUT2D eigenvalue weighted by atomic mass is 16.7. The number of carboxylic acid groups (broad SMARTS) is 1. The molecule has 1 aliphatic heterocycles. The molecule has 1 rings (SSSR count). The minimum absolute atomic E-state index is 0.0808. The number of hydrogen-bond acceptors (Lipinski definition) is 11. The first kappa shape index (κ1) is 41.2. The van der Waals surface area contributed by atoms with Crippen LogP contribution in [0.1, 0.15) is 65.7 Å². The SMILES string of the molecule is CC(C)C[C@@H]1NC(=O)C(CCC(N)=O)NC(=O)C(CC(=O)O)NC(=O)CONC(=O)[C@H](C)NC(=O)[C@H](CCCCN)NC(=O)CNC1=O. The van der Waals surface area contributed by atoms with Crippen LogP contribution in [-0.2, 0) is 48.0 Å². The van der Waals surface area contributed by atoms with Crippen molar-refractivity contribution < 1.29 is 53.1 Å². The Morgan fingerprint density at radius 1 is 0.792 bits per heavy atom. The highest BCUT2D eigenvalue weighted by Gasteiger charge is 2.32. The fourth-order valence-electron chi connectivity index (χ4n) is 4.36. The van der Waals surface area contributed by atoms with Gasteiger partial charge in [0.2, 0.25) is 41.4 Å². The van der Waals surface area contributed by atoms with Gasteiger partial charge in [-0.15, -0.1) is 0 Å². The molecule has 12 N–H and O–H groups in total. The normalized spacial score (nSPS) is 24.4. The number of hydrogen-bond donors (Lipinski definition) is 10. The smallest absolute Gasteiger partial charge is 0.305 e. The fourth-order valence-corrected chi connectivity index (χ4v) is 4.36. The largest absolute Gasteiger partial charge is 0.481 e. The summed E-state index contributed by atoms with van der Waals surface area (Å²) >= 11 is 0. The topological polar surface area (TPSA) is 319 Å². The summed E-state index contributed by atoms with van der Waals surface area (Å²) in [6, 6.07) is -6.81. The Kier molecular flexibility index (Phi) is 18.1. The van der Waals surface area contributed by atoms with Crippen molar-refractivity contribution in [3.63, 3.8) is 0 Å². The van der Waals surface area contributed by atoms with E-state index in [1.54, 1.807) is 13.8 Å². The molecule has 0 spiro atoms. The molecule has 1 fully saturated rings. The lowest BCUT2D eigenvalue weighted by Gasteiger charge is -2.26. The lowest BCUT2D eigenvalue weighted by atomic mass is 10.0. The van der Waals surface area contributed by atoms with E-state index in [1.165, 1.54) is 6.92 Å². The second-order valence-electron chi connectivity index (χ2n) is 11.6. The van der Waals surface area contributed by atoms with E-state index in [1.807, 2.05) is 5.48 Å². The van der Waals surface area contributed by atoms with E-state index in [9.17, 15) is 48.3 Å². The van der Waals surface area contributed by atoms with Gasteiger partial charge in [-0.3, -0.25) is 48.0 Å². The maximum absolute atomic E-state index is 13.3. The van der Waals surface area contributed by atoms with Gasteiger partial charge in [-0.2, -0.15) is 0 Å². The summed E-state index contributed by atoms with van der Waals surface area (Å²) in [5.74, 6) is -8.72. The molecule has 2 unspecified atom stereocenters. The lowest BCUT2D eigenvalue weighted by molar-refractivity contribution is -0.144. The zero-order chi connectivity index (χ0) is 36.4. The van der Waals surface area contributed by atoms with E-state index < -0.39 is 103 Å². The summed E-state index contributed by atoms with van der Waals surface area (Å²) in [7, 11) is 0. The zero-order valence-corrected chi connectivity index (χ0v) is 27.2. The first-order valence-corrected chi connectivity index (χ1v) is 15.4. The predicted molar refractivity (Wildman–Crippen MR) is 165 cm³/mol. The van der Waals surface area contributed by atoms with Crippen molar-refractivity contribution in [2.45, 2.75) is 95.9 Å². The van der Waals surface area contributed by atoms with Crippen molar-refractivity contribution in [3.05, 3.63) is 0 Å². The first-order chi connectivity index (χ1) is 22.5. The molecule has 0 aromatic heterocycles. The van der Waals surface area contributed by atoms with Gasteiger partial charge in [-0.1, -0.05) is 13.8 Å². The number of nitrogens with two attached hydrogens (primary N) is 2. The van der Waals surface area contributed by atoms with Crippen LogP contribution in [0.25, 0.3) is 0 Å². The Bertz CT molecular complexity index is 1200. The third kappa shape index (κ3) is 16.1. The van der Waals surface area contributed by atoms with Crippen LogP contribution in [0.3, 0.4) is 0 Å². The van der Waals surface area contributed by atoms with E-state index in [0.29, 0.717) is 19.4 Å². The van der Waals surface area contributed by atoms with Gasteiger partial charge in [-0.25, -0.2) is 5.48 Å². The minimum Gasteiger partial charge on any atom is -0.481 e. The standard InChI is InChI=1S/C28H47N9O11/c1-14(2)10-18-25(44)31-12-21(39)33-16(6-4-5-9-29)26(45)32-15(3)24(43)37-48-13-22(40)34-19(11-23(41)42)28(47)35-17(27(46)36-18)7-8-20(30)38/h14-19H,4-13,29H2,1-3H3,(H2,30,38)(H,31,44)(H,32,45)(H,33,39)(H,34,40)(H,35,47)(H,36,46)(H,37,43)(H,41,42)/t15-,16-,17?,18-,19?/m0/s1. The van der Waals surface area contributed by atoms with E-state index in [-0.39, 0.29) is 31.6 Å². The van der Waals surface area contributed by atoms with Crippen LogP contribution < -0.4 is 48.8 Å². The highest BCUT2D eigenvalue weighted by molar-refractivity contribution is 5.97. The summed E-state index contributed by atoms with van der Waals surface area (Å²) in [6.07, 6.45) is -0.454. The Labute approximate surface area is 276 Å². The number of primary amides is 1. The van der Waals surface area contributed by atoms with Gasteiger partial charge < -0.3 is 48.5 Å². The maximum Gasteiger partial charge on any atom is 0.305 e. The van der Waals surface area contributed by atoms with Crippen LogP contribution in [0, 0.1) is 5.92 Å². The van der Waals surface area contributed by atoms with Crippen molar-refractivity contribution in [2.24, 2.45) is 17.4 Å². The molecule has 1 saturated heterocycles. The van der Waals surface area contributed by atoms with Crippen molar-refractivity contribution >= 4 is 53.2 Å². The number of carbonyl (C=O) groups is 9. The molecule has 0 radical (unpaired) electrons. The summed E-state index contributed by atoms with van der Waals surface area (Å²) < 4.78 is 0. The van der Waals surface area contributed by atoms with Crippen LogP contribution >= 0.6 is 0 Å². The van der Waals surface area contributed by atoms with Crippen molar-refractivity contribution in [3.8, 4) is 0 Å². The molecule has 1 heterocycles. The molecule has 5 atom stereocenters. The Balaban J connectivity index is 3.41. The monoisotopic (exact) mass is 685 g/mol.